The highest BCUT2D eigenvalue weighted by Crippen LogP contribution is 2.36. The van der Waals surface area contributed by atoms with Gasteiger partial charge in [0.2, 0.25) is 5.91 Å². The SMILES string of the molecule is CN(C)CCCNC(=O)c1cc(NC(=O)CCCNC(=O)c2cc(C(=O)NCCNCCN)cc(N3C(=O)c4cccc5cc([N+](=O)[O-])cc(c45)C3=O)c2)cn1C.Cl.Cl.Cl. The Morgan fingerprint density at radius 3 is 2.07 bits per heavy atom. The number of anilines is 2. The van der Waals surface area contributed by atoms with Crippen molar-refractivity contribution >= 4 is 100 Å². The van der Waals surface area contributed by atoms with E-state index in [0.29, 0.717) is 42.9 Å². The van der Waals surface area contributed by atoms with E-state index in [1.165, 1.54) is 30.3 Å². The predicted molar refractivity (Wildman–Crippen MR) is 235 cm³/mol. The van der Waals surface area contributed by atoms with Gasteiger partial charge in [-0.3, -0.25) is 38.9 Å². The lowest BCUT2D eigenvalue weighted by Crippen LogP contribution is -2.41. The predicted octanol–water partition coefficient (Wildman–Crippen LogP) is 3.26. The number of amides is 6. The van der Waals surface area contributed by atoms with Crippen molar-refractivity contribution < 1.29 is 33.7 Å². The first-order chi connectivity index (χ1) is 27.3. The van der Waals surface area contributed by atoms with Gasteiger partial charge in [-0.05, 0) is 69.2 Å². The number of nitrogens with zero attached hydrogens (tertiary/aromatic N) is 4. The van der Waals surface area contributed by atoms with Crippen molar-refractivity contribution in [2.45, 2.75) is 19.3 Å². The first-order valence-electron chi connectivity index (χ1n) is 18.4. The van der Waals surface area contributed by atoms with Crippen molar-refractivity contribution in [2.24, 2.45) is 12.8 Å². The summed E-state index contributed by atoms with van der Waals surface area (Å²) in [4.78, 5) is 94.0. The zero-order valence-electron chi connectivity index (χ0n) is 33.2. The zero-order valence-corrected chi connectivity index (χ0v) is 35.7. The molecule has 5 rings (SSSR count). The maximum atomic E-state index is 14.0. The topological polar surface area (TPSA) is 243 Å². The summed E-state index contributed by atoms with van der Waals surface area (Å²) in [5.41, 5.74) is 5.86. The van der Waals surface area contributed by atoms with E-state index in [4.69, 9.17) is 5.73 Å². The number of halogens is 3. The standard InChI is InChI=1S/C39H46N10O8.3ClH/c1-46(2)16-6-12-43-37(53)32-21-27(23-47(32)3)45-33(50)9-5-11-42-35(51)25-17-26(36(52)44-15-14-41-13-10-40)20-28(19-25)48-38(54)30-8-4-7-24-18-29(49(56)57)22-31(34(24)30)39(48)55;;;/h4,7-8,17-23,41H,5-6,9-16,40H2,1-3H3,(H,42,51)(H,43,53)(H,44,52)(H,45,50);3*1H. The van der Waals surface area contributed by atoms with E-state index in [1.54, 1.807) is 36.0 Å². The number of nitro groups is 1. The molecule has 1 aliphatic heterocycles. The lowest BCUT2D eigenvalue weighted by molar-refractivity contribution is -0.384. The molecule has 0 atom stereocenters. The average molecular weight is 892 g/mol. The number of aryl methyl sites for hydroxylation is 1. The summed E-state index contributed by atoms with van der Waals surface area (Å²) in [6, 6.07) is 12.5. The number of nitrogens with two attached hydrogens (primary N) is 1. The van der Waals surface area contributed by atoms with Gasteiger partial charge < -0.3 is 41.8 Å². The number of aromatic nitrogens is 1. The zero-order chi connectivity index (χ0) is 41.2. The molecule has 4 aromatic rings. The summed E-state index contributed by atoms with van der Waals surface area (Å²) in [5, 5.41) is 26.4. The van der Waals surface area contributed by atoms with Gasteiger partial charge in [0, 0.05) is 93.1 Å². The first-order valence-corrected chi connectivity index (χ1v) is 18.4. The number of nitrogens with one attached hydrogen (secondary N) is 5. The van der Waals surface area contributed by atoms with Crippen LogP contribution < -0.4 is 37.2 Å². The molecule has 324 valence electrons. The second-order valence-electron chi connectivity index (χ2n) is 13.7. The van der Waals surface area contributed by atoms with Crippen molar-refractivity contribution in [3.8, 4) is 0 Å². The third-order valence-electron chi connectivity index (χ3n) is 9.10. The fourth-order valence-electron chi connectivity index (χ4n) is 6.35. The Balaban J connectivity index is 0.00000413. The molecule has 21 heteroatoms. The molecule has 0 saturated heterocycles. The van der Waals surface area contributed by atoms with E-state index in [2.05, 4.69) is 26.6 Å². The summed E-state index contributed by atoms with van der Waals surface area (Å²) >= 11 is 0. The van der Waals surface area contributed by atoms with Crippen LogP contribution in [0.25, 0.3) is 10.8 Å². The number of rotatable bonds is 19. The van der Waals surface area contributed by atoms with Gasteiger partial charge in [-0.2, -0.15) is 0 Å². The number of carbonyl (C=O) groups is 6. The molecule has 7 N–H and O–H groups in total. The lowest BCUT2D eigenvalue weighted by Gasteiger charge is -2.27. The number of hydrogen-bond acceptors (Lipinski definition) is 11. The normalized spacial score (nSPS) is 11.6. The molecule has 1 aromatic heterocycles. The van der Waals surface area contributed by atoms with E-state index in [9.17, 15) is 38.9 Å². The maximum Gasteiger partial charge on any atom is 0.270 e. The highest BCUT2D eigenvalue weighted by atomic mass is 35.5. The van der Waals surface area contributed by atoms with E-state index in [0.717, 1.165) is 23.9 Å². The number of hydrogen-bond donors (Lipinski definition) is 6. The Morgan fingerprint density at radius 2 is 1.42 bits per heavy atom. The summed E-state index contributed by atoms with van der Waals surface area (Å²) < 4.78 is 1.62. The molecule has 60 heavy (non-hydrogen) atoms. The Bertz CT molecular complexity index is 2230. The van der Waals surface area contributed by atoms with Crippen LogP contribution in [0.3, 0.4) is 0 Å². The number of imide groups is 1. The molecule has 0 fully saturated rings. The minimum Gasteiger partial charge on any atom is -0.352 e. The Kier molecular flexibility index (Phi) is 19.6. The molecule has 6 amide bonds. The number of benzene rings is 3. The van der Waals surface area contributed by atoms with Gasteiger partial charge in [-0.25, -0.2) is 4.90 Å². The van der Waals surface area contributed by atoms with Crippen LogP contribution in [0.1, 0.15) is 71.2 Å². The molecular formula is C39H49Cl3N10O8. The summed E-state index contributed by atoms with van der Waals surface area (Å²) in [6.45, 7) is 2.95. The molecule has 0 spiro atoms. The van der Waals surface area contributed by atoms with Crippen LogP contribution >= 0.6 is 37.2 Å². The van der Waals surface area contributed by atoms with Crippen molar-refractivity contribution in [1.29, 1.82) is 0 Å². The average Bonchev–Trinajstić information content (AvgIpc) is 3.55. The second-order valence-corrected chi connectivity index (χ2v) is 13.7. The Labute approximate surface area is 364 Å². The van der Waals surface area contributed by atoms with E-state index >= 15 is 0 Å². The van der Waals surface area contributed by atoms with Crippen molar-refractivity contribution in [2.75, 3.05) is 70.1 Å². The molecule has 3 aromatic carbocycles. The number of nitro benzene ring substituents is 1. The van der Waals surface area contributed by atoms with Gasteiger partial charge in [0.05, 0.1) is 21.9 Å². The van der Waals surface area contributed by atoms with Crippen LogP contribution in [0.2, 0.25) is 0 Å². The van der Waals surface area contributed by atoms with Gasteiger partial charge in [0.15, 0.2) is 0 Å². The molecule has 0 unspecified atom stereocenters. The second kappa shape index (κ2) is 23.2. The van der Waals surface area contributed by atoms with Crippen LogP contribution in [0.5, 0.6) is 0 Å². The highest BCUT2D eigenvalue weighted by Gasteiger charge is 2.36. The van der Waals surface area contributed by atoms with Crippen molar-refractivity contribution in [3.63, 3.8) is 0 Å². The minimum atomic E-state index is -0.862. The fourth-order valence-corrected chi connectivity index (χ4v) is 6.35. The summed E-state index contributed by atoms with van der Waals surface area (Å²) in [7, 11) is 5.61. The van der Waals surface area contributed by atoms with Gasteiger partial charge in [-0.1, -0.05) is 12.1 Å². The smallest absolute Gasteiger partial charge is 0.270 e. The molecule has 0 saturated carbocycles. The molecule has 1 aliphatic rings. The third kappa shape index (κ3) is 12.4. The van der Waals surface area contributed by atoms with Crippen LogP contribution in [-0.2, 0) is 11.8 Å². The molecule has 0 radical (unpaired) electrons. The van der Waals surface area contributed by atoms with Crippen LogP contribution in [-0.4, -0.2) is 110 Å². The van der Waals surface area contributed by atoms with E-state index < -0.39 is 28.6 Å². The highest BCUT2D eigenvalue weighted by molar-refractivity contribution is 6.36. The molecular weight excluding hydrogens is 843 g/mol. The maximum absolute atomic E-state index is 14.0. The van der Waals surface area contributed by atoms with Gasteiger partial charge in [-0.15, -0.1) is 37.2 Å². The molecule has 0 bridgehead atoms. The third-order valence-corrected chi connectivity index (χ3v) is 9.10. The first kappa shape index (κ1) is 50.5. The van der Waals surface area contributed by atoms with Gasteiger partial charge >= 0.3 is 0 Å². The molecule has 18 nitrogen and oxygen atoms in total. The van der Waals surface area contributed by atoms with Crippen LogP contribution in [0.4, 0.5) is 17.1 Å². The van der Waals surface area contributed by atoms with Crippen molar-refractivity contribution in [3.05, 3.63) is 98.9 Å². The van der Waals surface area contributed by atoms with Crippen LogP contribution in [0, 0.1) is 10.1 Å². The fraction of sp³-hybridized carbons (Fsp3) is 0.333. The quantitative estimate of drug-likeness (QED) is 0.0346. The summed E-state index contributed by atoms with van der Waals surface area (Å²) in [6.07, 6.45) is 2.68. The lowest BCUT2D eigenvalue weighted by atomic mass is 9.92. The number of carbonyl (C=O) groups excluding carboxylic acids is 6. The largest absolute Gasteiger partial charge is 0.352 e. The minimum absolute atomic E-state index is 0. The van der Waals surface area contributed by atoms with Gasteiger partial charge in [0.1, 0.15) is 5.69 Å². The van der Waals surface area contributed by atoms with E-state index in [-0.39, 0.29) is 114 Å². The Morgan fingerprint density at radius 1 is 0.783 bits per heavy atom. The number of non-ortho nitro benzene ring substituents is 1. The Hall–Kier alpha value is -5.63. The summed E-state index contributed by atoms with van der Waals surface area (Å²) in [5.74, 6) is -3.43. The van der Waals surface area contributed by atoms with Gasteiger partial charge in [0.25, 0.3) is 35.2 Å². The van der Waals surface area contributed by atoms with Crippen molar-refractivity contribution in [1.82, 2.24) is 30.7 Å². The van der Waals surface area contributed by atoms with Crippen LogP contribution in [0.15, 0.2) is 60.8 Å². The monoisotopic (exact) mass is 890 g/mol. The molecule has 2 heterocycles. The van der Waals surface area contributed by atoms with E-state index in [1.807, 2.05) is 19.0 Å². The molecule has 0 aliphatic carbocycles.